The van der Waals surface area contributed by atoms with Crippen LogP contribution in [-0.2, 0) is 6.54 Å². The maximum absolute atomic E-state index is 5.94. The van der Waals surface area contributed by atoms with Crippen molar-refractivity contribution in [2.75, 3.05) is 20.7 Å². The number of methoxy groups -OCH3 is 1. The first-order chi connectivity index (χ1) is 8.55. The molecule has 0 spiro atoms. The molecule has 0 heterocycles. The van der Waals surface area contributed by atoms with Gasteiger partial charge in [-0.3, -0.25) is 4.90 Å². The van der Waals surface area contributed by atoms with E-state index in [1.54, 1.807) is 7.11 Å². The molecule has 1 atom stereocenters. The second-order valence-electron chi connectivity index (χ2n) is 5.16. The molecule has 0 bridgehead atoms. The molecule has 1 aromatic rings. The first-order valence-electron chi connectivity index (χ1n) is 6.60. The van der Waals surface area contributed by atoms with E-state index in [-0.39, 0.29) is 5.54 Å². The number of nitrogens with two attached hydrogens (primary N) is 1. The molecule has 0 saturated heterocycles. The summed E-state index contributed by atoms with van der Waals surface area (Å²) in [4.78, 5) is 2.34. The maximum atomic E-state index is 5.94. The summed E-state index contributed by atoms with van der Waals surface area (Å²) in [6.45, 7) is 6.01. The first kappa shape index (κ1) is 15.0. The predicted molar refractivity (Wildman–Crippen MR) is 76.8 cm³/mol. The smallest absolute Gasteiger partial charge is 0.119 e. The van der Waals surface area contributed by atoms with Crippen LogP contribution in [0.3, 0.4) is 0 Å². The molecule has 0 saturated carbocycles. The first-order valence-corrected chi connectivity index (χ1v) is 6.60. The van der Waals surface area contributed by atoms with Gasteiger partial charge in [-0.2, -0.15) is 0 Å². The molecule has 0 radical (unpaired) electrons. The Bertz CT molecular complexity index is 367. The van der Waals surface area contributed by atoms with E-state index in [2.05, 4.69) is 37.9 Å². The molecular formula is C15H26N2O. The van der Waals surface area contributed by atoms with Crippen molar-refractivity contribution < 1.29 is 4.74 Å². The second kappa shape index (κ2) is 6.76. The van der Waals surface area contributed by atoms with Crippen molar-refractivity contribution in [3.8, 4) is 5.75 Å². The van der Waals surface area contributed by atoms with Gasteiger partial charge in [0.2, 0.25) is 0 Å². The maximum Gasteiger partial charge on any atom is 0.119 e. The zero-order valence-corrected chi connectivity index (χ0v) is 12.1. The van der Waals surface area contributed by atoms with Crippen LogP contribution in [0.5, 0.6) is 5.75 Å². The fraction of sp³-hybridized carbons (Fsp3) is 0.600. The highest BCUT2D eigenvalue weighted by Crippen LogP contribution is 2.22. The lowest BCUT2D eigenvalue weighted by Gasteiger charge is -2.38. The zero-order chi connectivity index (χ0) is 13.6. The number of rotatable bonds is 7. The fourth-order valence-electron chi connectivity index (χ4n) is 2.22. The Balaban J connectivity index is 2.75. The highest BCUT2D eigenvalue weighted by Gasteiger charge is 2.26. The summed E-state index contributed by atoms with van der Waals surface area (Å²) in [6.07, 6.45) is 2.26. The Hall–Kier alpha value is -1.06. The fourth-order valence-corrected chi connectivity index (χ4v) is 2.22. The minimum atomic E-state index is 0.0673. The van der Waals surface area contributed by atoms with Crippen LogP contribution in [0.1, 0.15) is 32.3 Å². The Morgan fingerprint density at radius 1 is 1.39 bits per heavy atom. The van der Waals surface area contributed by atoms with Gasteiger partial charge in [-0.15, -0.1) is 0 Å². The van der Waals surface area contributed by atoms with E-state index in [1.165, 1.54) is 5.56 Å². The molecule has 0 aliphatic carbocycles. The minimum absolute atomic E-state index is 0.0673. The van der Waals surface area contributed by atoms with E-state index in [0.717, 1.165) is 25.1 Å². The molecule has 0 aliphatic heterocycles. The molecule has 1 rings (SSSR count). The number of benzene rings is 1. The zero-order valence-electron chi connectivity index (χ0n) is 12.1. The standard InChI is InChI=1S/C15H26N2O/c1-5-9-15(2,12-16)17(3)11-13-7-6-8-14(10-13)18-4/h6-8,10H,5,9,11-12,16H2,1-4H3. The van der Waals surface area contributed by atoms with Crippen LogP contribution in [-0.4, -0.2) is 31.1 Å². The Morgan fingerprint density at radius 2 is 2.11 bits per heavy atom. The van der Waals surface area contributed by atoms with Crippen molar-refractivity contribution in [2.45, 2.75) is 38.8 Å². The number of nitrogens with zero attached hydrogens (tertiary/aromatic N) is 1. The van der Waals surface area contributed by atoms with Gasteiger partial charge in [0, 0.05) is 18.6 Å². The van der Waals surface area contributed by atoms with Crippen molar-refractivity contribution in [1.29, 1.82) is 0 Å². The molecule has 1 unspecified atom stereocenters. The number of likely N-dealkylation sites (N-methyl/N-ethyl adjacent to an activating group) is 1. The summed E-state index contributed by atoms with van der Waals surface area (Å²) < 4.78 is 5.25. The van der Waals surface area contributed by atoms with Crippen molar-refractivity contribution in [3.63, 3.8) is 0 Å². The second-order valence-corrected chi connectivity index (χ2v) is 5.16. The summed E-state index contributed by atoms with van der Waals surface area (Å²) in [5.74, 6) is 0.908. The van der Waals surface area contributed by atoms with Gasteiger partial charge in [0.05, 0.1) is 7.11 Å². The quantitative estimate of drug-likeness (QED) is 0.808. The molecule has 3 nitrogen and oxygen atoms in total. The summed E-state index contributed by atoms with van der Waals surface area (Å²) in [7, 11) is 3.84. The van der Waals surface area contributed by atoms with Gasteiger partial charge in [0.15, 0.2) is 0 Å². The van der Waals surface area contributed by atoms with Gasteiger partial charge in [0.25, 0.3) is 0 Å². The SMILES string of the molecule is CCCC(C)(CN)N(C)Cc1cccc(OC)c1. The lowest BCUT2D eigenvalue weighted by Crippen LogP contribution is -2.49. The van der Waals surface area contributed by atoms with E-state index >= 15 is 0 Å². The van der Waals surface area contributed by atoms with E-state index in [9.17, 15) is 0 Å². The molecule has 102 valence electrons. The third-order valence-corrected chi connectivity index (χ3v) is 3.70. The van der Waals surface area contributed by atoms with Crippen LogP contribution in [0, 0.1) is 0 Å². The highest BCUT2D eigenvalue weighted by atomic mass is 16.5. The lowest BCUT2D eigenvalue weighted by atomic mass is 9.94. The topological polar surface area (TPSA) is 38.5 Å². The Kier molecular flexibility index (Phi) is 5.63. The summed E-state index contributed by atoms with van der Waals surface area (Å²) in [5.41, 5.74) is 7.26. The van der Waals surface area contributed by atoms with E-state index < -0.39 is 0 Å². The van der Waals surface area contributed by atoms with Gasteiger partial charge in [0.1, 0.15) is 5.75 Å². The van der Waals surface area contributed by atoms with Crippen molar-refractivity contribution in [3.05, 3.63) is 29.8 Å². The van der Waals surface area contributed by atoms with Crippen LogP contribution in [0.15, 0.2) is 24.3 Å². The average molecular weight is 250 g/mol. The lowest BCUT2D eigenvalue weighted by molar-refractivity contribution is 0.125. The molecule has 2 N–H and O–H groups in total. The molecule has 1 aromatic carbocycles. The monoisotopic (exact) mass is 250 g/mol. The highest BCUT2D eigenvalue weighted by molar-refractivity contribution is 5.28. The van der Waals surface area contributed by atoms with Gasteiger partial charge in [-0.05, 0) is 38.1 Å². The third kappa shape index (κ3) is 3.72. The number of hydrogen-bond acceptors (Lipinski definition) is 3. The van der Waals surface area contributed by atoms with Crippen LogP contribution < -0.4 is 10.5 Å². The number of hydrogen-bond donors (Lipinski definition) is 1. The van der Waals surface area contributed by atoms with Gasteiger partial charge >= 0.3 is 0 Å². The van der Waals surface area contributed by atoms with Crippen LogP contribution in [0.4, 0.5) is 0 Å². The normalized spacial score (nSPS) is 14.6. The Labute approximate surface area is 111 Å². The molecule has 3 heteroatoms. The third-order valence-electron chi connectivity index (χ3n) is 3.70. The van der Waals surface area contributed by atoms with E-state index in [1.807, 2.05) is 12.1 Å². The predicted octanol–water partition coefficient (Wildman–Crippen LogP) is 2.64. The molecule has 0 amide bonds. The number of ether oxygens (including phenoxy) is 1. The van der Waals surface area contributed by atoms with E-state index in [0.29, 0.717) is 6.54 Å². The summed E-state index contributed by atoms with van der Waals surface area (Å²) in [5, 5.41) is 0. The summed E-state index contributed by atoms with van der Waals surface area (Å²) in [6, 6.07) is 8.21. The molecular weight excluding hydrogens is 224 g/mol. The minimum Gasteiger partial charge on any atom is -0.497 e. The average Bonchev–Trinajstić information content (AvgIpc) is 2.39. The van der Waals surface area contributed by atoms with Crippen LogP contribution >= 0.6 is 0 Å². The largest absolute Gasteiger partial charge is 0.497 e. The van der Waals surface area contributed by atoms with Crippen molar-refractivity contribution in [1.82, 2.24) is 4.90 Å². The molecule has 18 heavy (non-hydrogen) atoms. The van der Waals surface area contributed by atoms with Crippen molar-refractivity contribution in [2.24, 2.45) is 5.73 Å². The van der Waals surface area contributed by atoms with Crippen molar-refractivity contribution >= 4 is 0 Å². The van der Waals surface area contributed by atoms with Gasteiger partial charge in [-0.1, -0.05) is 25.5 Å². The molecule has 0 aromatic heterocycles. The van der Waals surface area contributed by atoms with Crippen LogP contribution in [0.25, 0.3) is 0 Å². The Morgan fingerprint density at radius 3 is 2.67 bits per heavy atom. The van der Waals surface area contributed by atoms with Gasteiger partial charge in [-0.25, -0.2) is 0 Å². The molecule has 0 fully saturated rings. The van der Waals surface area contributed by atoms with Crippen LogP contribution in [0.2, 0.25) is 0 Å². The molecule has 0 aliphatic rings. The van der Waals surface area contributed by atoms with E-state index in [4.69, 9.17) is 10.5 Å². The summed E-state index contributed by atoms with van der Waals surface area (Å²) >= 11 is 0. The van der Waals surface area contributed by atoms with Gasteiger partial charge < -0.3 is 10.5 Å².